The molecule has 0 atom stereocenters. The zero-order valence-corrected chi connectivity index (χ0v) is 17.8. The van der Waals surface area contributed by atoms with E-state index in [1.54, 1.807) is 36.3 Å². The molecule has 1 N–H and O–H groups in total. The molecule has 158 valence electrons. The Morgan fingerprint density at radius 3 is 2.90 bits per heavy atom. The molecule has 31 heavy (non-hydrogen) atoms. The quantitative estimate of drug-likeness (QED) is 0.447. The van der Waals surface area contributed by atoms with Gasteiger partial charge in [0.25, 0.3) is 0 Å². The maximum atomic E-state index is 12.0. The number of benzene rings is 1. The highest BCUT2D eigenvalue weighted by molar-refractivity contribution is 7.78. The van der Waals surface area contributed by atoms with Gasteiger partial charge in [-0.25, -0.2) is 19.4 Å². The number of pyridine rings is 1. The number of rotatable bonds is 6. The van der Waals surface area contributed by atoms with Crippen LogP contribution in [0.15, 0.2) is 48.8 Å². The number of nitrogens with zero attached hydrogens (tertiary/aromatic N) is 7. The monoisotopic (exact) mass is 436 g/mol. The summed E-state index contributed by atoms with van der Waals surface area (Å²) in [5.74, 6) is 1.14. The Hall–Kier alpha value is -3.73. The minimum atomic E-state index is -0.373. The Kier molecular flexibility index (Phi) is 5.94. The Labute approximate surface area is 183 Å². The van der Waals surface area contributed by atoms with Gasteiger partial charge in [0, 0.05) is 6.54 Å². The maximum absolute atomic E-state index is 12.0. The Morgan fingerprint density at radius 2 is 2.10 bits per heavy atom. The number of hydrogen-bond donors (Lipinski definition) is 2. The van der Waals surface area contributed by atoms with Gasteiger partial charge in [-0.3, -0.25) is 14.6 Å². The highest BCUT2D eigenvalue weighted by Crippen LogP contribution is 2.19. The lowest BCUT2D eigenvalue weighted by atomic mass is 10.2. The normalized spacial score (nSPS) is 10.8. The van der Waals surface area contributed by atoms with Crippen molar-refractivity contribution in [3.63, 3.8) is 0 Å². The number of carbonyl (C=O) groups excluding carboxylic acids is 1. The predicted octanol–water partition coefficient (Wildman–Crippen LogP) is 3.04. The van der Waals surface area contributed by atoms with Crippen molar-refractivity contribution in [1.82, 2.24) is 34.3 Å². The van der Waals surface area contributed by atoms with Gasteiger partial charge in [-0.15, -0.1) is 5.10 Å². The second-order valence-corrected chi connectivity index (χ2v) is 7.08. The molecule has 0 aliphatic heterocycles. The molecule has 0 saturated carbocycles. The maximum Gasteiger partial charge on any atom is 0.332 e. The van der Waals surface area contributed by atoms with E-state index in [1.807, 2.05) is 31.2 Å². The first kappa shape index (κ1) is 20.5. The molecule has 11 heteroatoms. The minimum Gasteiger partial charge on any atom is -0.497 e. The average Bonchev–Trinajstić information content (AvgIpc) is 3.26. The van der Waals surface area contributed by atoms with Crippen molar-refractivity contribution in [2.75, 3.05) is 19.0 Å². The highest BCUT2D eigenvalue weighted by Gasteiger charge is 2.12. The molecule has 0 spiro atoms. The summed E-state index contributed by atoms with van der Waals surface area (Å²) in [7, 11) is 1.63. The van der Waals surface area contributed by atoms with Crippen LogP contribution in [0.4, 0.5) is 10.6 Å². The summed E-state index contributed by atoms with van der Waals surface area (Å²) in [4.78, 5) is 25.3. The molecule has 1 aromatic carbocycles. The molecule has 0 bridgehead atoms. The van der Waals surface area contributed by atoms with Crippen molar-refractivity contribution in [3.8, 4) is 17.1 Å². The molecule has 0 radical (unpaired) electrons. The van der Waals surface area contributed by atoms with Gasteiger partial charge in [-0.2, -0.15) is 0 Å². The van der Waals surface area contributed by atoms with Crippen molar-refractivity contribution in [2.45, 2.75) is 13.5 Å². The number of thiol groups is 1. The summed E-state index contributed by atoms with van der Waals surface area (Å²) >= 11 is 4.08. The molecule has 3 aromatic heterocycles. The SMILES string of the molecule is CCN(S)C(=O)Nc1ccc2ncc(-c3cn(Cc4cccc(OC)c4)nn3)nc2n1. The molecule has 0 aliphatic carbocycles. The summed E-state index contributed by atoms with van der Waals surface area (Å²) < 4.78 is 8.22. The topological polar surface area (TPSA) is 111 Å². The number of amides is 2. The summed E-state index contributed by atoms with van der Waals surface area (Å²) in [6.07, 6.45) is 3.41. The van der Waals surface area contributed by atoms with E-state index in [1.165, 1.54) is 4.31 Å². The number of carbonyl (C=O) groups is 1. The van der Waals surface area contributed by atoms with E-state index < -0.39 is 0 Å². The molecule has 3 heterocycles. The lowest BCUT2D eigenvalue weighted by Crippen LogP contribution is -2.27. The van der Waals surface area contributed by atoms with E-state index in [0.717, 1.165) is 11.3 Å². The van der Waals surface area contributed by atoms with Crippen molar-refractivity contribution in [2.24, 2.45) is 0 Å². The molecule has 2 amide bonds. The number of aromatic nitrogens is 6. The molecule has 0 saturated heterocycles. The smallest absolute Gasteiger partial charge is 0.332 e. The van der Waals surface area contributed by atoms with E-state index in [0.29, 0.717) is 41.5 Å². The van der Waals surface area contributed by atoms with E-state index in [9.17, 15) is 4.79 Å². The van der Waals surface area contributed by atoms with E-state index in [2.05, 4.69) is 43.4 Å². The fourth-order valence-electron chi connectivity index (χ4n) is 2.86. The second kappa shape index (κ2) is 8.96. The van der Waals surface area contributed by atoms with Gasteiger partial charge in [0.05, 0.1) is 26.0 Å². The van der Waals surface area contributed by atoms with Gasteiger partial charge in [-0.05, 0) is 36.8 Å². The predicted molar refractivity (Wildman–Crippen MR) is 119 cm³/mol. The molecular weight excluding hydrogens is 416 g/mol. The van der Waals surface area contributed by atoms with Gasteiger partial charge in [0.15, 0.2) is 5.65 Å². The molecule has 0 fully saturated rings. The number of methoxy groups -OCH3 is 1. The number of urea groups is 1. The summed E-state index contributed by atoms with van der Waals surface area (Å²) in [6.45, 7) is 2.81. The molecule has 0 unspecified atom stereocenters. The second-order valence-electron chi connectivity index (χ2n) is 6.59. The molecular formula is C20H20N8O2S. The fraction of sp³-hybridized carbons (Fsp3) is 0.200. The average molecular weight is 437 g/mol. The number of hydrogen-bond acceptors (Lipinski definition) is 8. The minimum absolute atomic E-state index is 0.359. The van der Waals surface area contributed by atoms with Gasteiger partial charge in [0.1, 0.15) is 28.5 Å². The summed E-state index contributed by atoms with van der Waals surface area (Å²) in [6, 6.07) is 10.8. The zero-order valence-electron chi connectivity index (χ0n) is 16.9. The van der Waals surface area contributed by atoms with Crippen LogP contribution in [0.3, 0.4) is 0 Å². The van der Waals surface area contributed by atoms with Crippen molar-refractivity contribution in [3.05, 3.63) is 54.4 Å². The summed E-state index contributed by atoms with van der Waals surface area (Å²) in [5, 5.41) is 11.1. The van der Waals surface area contributed by atoms with Crippen LogP contribution in [-0.4, -0.2) is 53.9 Å². The van der Waals surface area contributed by atoms with Crippen LogP contribution >= 0.6 is 12.8 Å². The first-order valence-electron chi connectivity index (χ1n) is 9.50. The molecule has 0 aliphatic rings. The number of fused-ring (bicyclic) bond motifs is 1. The van der Waals surface area contributed by atoms with Gasteiger partial charge >= 0.3 is 6.03 Å². The fourth-order valence-corrected chi connectivity index (χ4v) is 2.91. The first-order valence-corrected chi connectivity index (χ1v) is 9.90. The van der Waals surface area contributed by atoms with Gasteiger partial charge in [0.2, 0.25) is 0 Å². The largest absolute Gasteiger partial charge is 0.497 e. The Balaban J connectivity index is 1.56. The van der Waals surface area contributed by atoms with Crippen LogP contribution in [0.5, 0.6) is 5.75 Å². The lowest BCUT2D eigenvalue weighted by molar-refractivity contribution is 0.240. The molecule has 4 aromatic rings. The zero-order chi connectivity index (χ0) is 21.8. The van der Waals surface area contributed by atoms with Crippen LogP contribution < -0.4 is 10.1 Å². The highest BCUT2D eigenvalue weighted by atomic mass is 32.1. The lowest BCUT2D eigenvalue weighted by Gasteiger charge is -2.13. The summed E-state index contributed by atoms with van der Waals surface area (Å²) in [5.41, 5.74) is 3.13. The third-order valence-electron chi connectivity index (χ3n) is 4.46. The molecule has 4 rings (SSSR count). The number of ether oxygens (including phenoxy) is 1. The van der Waals surface area contributed by atoms with Crippen molar-refractivity contribution < 1.29 is 9.53 Å². The van der Waals surface area contributed by atoms with Crippen LogP contribution in [0.2, 0.25) is 0 Å². The Bertz CT molecular complexity index is 1230. The van der Waals surface area contributed by atoms with Crippen LogP contribution in [0.1, 0.15) is 12.5 Å². The standard InChI is InChI=1S/C20H20N8O2S/c1-3-28(31)20(29)24-18-8-7-15-19(23-18)22-16(10-21-15)17-12-27(26-25-17)11-13-5-4-6-14(9-13)30-2/h4-10,12,31H,3,11H2,1-2H3,(H,22,23,24,29). The first-order chi connectivity index (χ1) is 15.1. The van der Waals surface area contributed by atoms with Gasteiger partial charge < -0.3 is 4.74 Å². The van der Waals surface area contributed by atoms with Crippen molar-refractivity contribution >= 4 is 35.8 Å². The van der Waals surface area contributed by atoms with E-state index in [-0.39, 0.29) is 6.03 Å². The van der Waals surface area contributed by atoms with E-state index >= 15 is 0 Å². The van der Waals surface area contributed by atoms with Crippen LogP contribution in [0.25, 0.3) is 22.6 Å². The van der Waals surface area contributed by atoms with Crippen LogP contribution in [-0.2, 0) is 6.54 Å². The number of nitrogens with one attached hydrogen (secondary N) is 1. The van der Waals surface area contributed by atoms with E-state index in [4.69, 9.17) is 4.74 Å². The Morgan fingerprint density at radius 1 is 1.23 bits per heavy atom. The van der Waals surface area contributed by atoms with Gasteiger partial charge in [-0.1, -0.05) is 30.2 Å². The van der Waals surface area contributed by atoms with Crippen molar-refractivity contribution in [1.29, 1.82) is 0 Å². The third kappa shape index (κ3) is 4.72. The molecule has 10 nitrogen and oxygen atoms in total. The number of anilines is 1. The third-order valence-corrected chi connectivity index (χ3v) is 4.92. The van der Waals surface area contributed by atoms with Crippen LogP contribution in [0, 0.1) is 0 Å².